The van der Waals surface area contributed by atoms with E-state index in [0.717, 1.165) is 4.90 Å². The second-order valence-corrected chi connectivity index (χ2v) is 5.77. The summed E-state index contributed by atoms with van der Waals surface area (Å²) in [5.41, 5.74) is 0.483. The molecule has 2 aromatic carbocycles. The zero-order valence-electron chi connectivity index (χ0n) is 15.0. The van der Waals surface area contributed by atoms with E-state index in [1.165, 1.54) is 59.4 Å². The maximum Gasteiger partial charge on any atom is 0.326 e. The number of ether oxygens (including phenoxy) is 1. The molecule has 144 valence electrons. The standard InChI is InChI=1S/C20H17F2N3O3/c1-2-28-19(26)13-24(18-6-4-3-5-16(18)22)20(27)17-11-12-25(23-17)15-9-7-14(21)8-10-15/h3-12H,2,13H2,1H3. The van der Waals surface area contributed by atoms with Gasteiger partial charge in [0, 0.05) is 6.20 Å². The molecule has 0 aliphatic heterocycles. The van der Waals surface area contributed by atoms with Gasteiger partial charge in [0.2, 0.25) is 0 Å². The number of benzene rings is 2. The minimum Gasteiger partial charge on any atom is -0.465 e. The van der Waals surface area contributed by atoms with Gasteiger partial charge in [0.05, 0.1) is 18.0 Å². The predicted molar refractivity (Wildman–Crippen MR) is 98.2 cm³/mol. The second-order valence-electron chi connectivity index (χ2n) is 5.77. The molecule has 0 saturated carbocycles. The van der Waals surface area contributed by atoms with Crippen LogP contribution in [-0.4, -0.2) is 34.8 Å². The van der Waals surface area contributed by atoms with Gasteiger partial charge in [-0.2, -0.15) is 5.10 Å². The van der Waals surface area contributed by atoms with Gasteiger partial charge in [0.25, 0.3) is 5.91 Å². The highest BCUT2D eigenvalue weighted by atomic mass is 19.1. The molecular weight excluding hydrogens is 368 g/mol. The van der Waals surface area contributed by atoms with Crippen LogP contribution in [0, 0.1) is 11.6 Å². The van der Waals surface area contributed by atoms with E-state index in [1.807, 2.05) is 0 Å². The van der Waals surface area contributed by atoms with Crippen LogP contribution in [0.15, 0.2) is 60.8 Å². The smallest absolute Gasteiger partial charge is 0.326 e. The number of hydrogen-bond acceptors (Lipinski definition) is 4. The van der Waals surface area contributed by atoms with Gasteiger partial charge in [-0.05, 0) is 49.4 Å². The Kier molecular flexibility index (Phi) is 5.78. The minimum absolute atomic E-state index is 0.00289. The molecule has 3 rings (SSSR count). The number of para-hydroxylation sites is 1. The highest BCUT2D eigenvalue weighted by Gasteiger charge is 2.25. The number of hydrogen-bond donors (Lipinski definition) is 0. The monoisotopic (exact) mass is 385 g/mol. The molecule has 3 aromatic rings. The van der Waals surface area contributed by atoms with E-state index < -0.39 is 30.1 Å². The Morgan fingerprint density at radius 3 is 2.46 bits per heavy atom. The van der Waals surface area contributed by atoms with Crippen molar-refractivity contribution in [3.63, 3.8) is 0 Å². The molecule has 0 aliphatic rings. The molecule has 0 N–H and O–H groups in total. The van der Waals surface area contributed by atoms with Gasteiger partial charge in [0.15, 0.2) is 5.69 Å². The summed E-state index contributed by atoms with van der Waals surface area (Å²) in [7, 11) is 0. The number of halogens is 2. The Morgan fingerprint density at radius 2 is 1.79 bits per heavy atom. The summed E-state index contributed by atoms with van der Waals surface area (Å²) in [6.45, 7) is 1.31. The number of carbonyl (C=O) groups is 2. The third kappa shape index (κ3) is 4.22. The van der Waals surface area contributed by atoms with Crippen molar-refractivity contribution in [2.24, 2.45) is 0 Å². The van der Waals surface area contributed by atoms with Crippen molar-refractivity contribution in [1.82, 2.24) is 9.78 Å². The molecule has 0 atom stereocenters. The summed E-state index contributed by atoms with van der Waals surface area (Å²) in [6, 6.07) is 12.6. The molecule has 1 heterocycles. The third-order valence-electron chi connectivity index (χ3n) is 3.88. The van der Waals surface area contributed by atoms with Crippen molar-refractivity contribution in [3.8, 4) is 5.69 Å². The van der Waals surface area contributed by atoms with Gasteiger partial charge in [-0.25, -0.2) is 13.5 Å². The van der Waals surface area contributed by atoms with E-state index in [0.29, 0.717) is 5.69 Å². The van der Waals surface area contributed by atoms with Crippen LogP contribution in [0.1, 0.15) is 17.4 Å². The SMILES string of the molecule is CCOC(=O)CN(C(=O)c1ccn(-c2ccc(F)cc2)n1)c1ccccc1F. The molecule has 0 saturated heterocycles. The van der Waals surface area contributed by atoms with Crippen molar-refractivity contribution in [2.45, 2.75) is 6.92 Å². The zero-order valence-corrected chi connectivity index (χ0v) is 15.0. The molecule has 6 nitrogen and oxygen atoms in total. The Morgan fingerprint density at radius 1 is 1.07 bits per heavy atom. The van der Waals surface area contributed by atoms with E-state index in [9.17, 15) is 18.4 Å². The molecule has 28 heavy (non-hydrogen) atoms. The van der Waals surface area contributed by atoms with Crippen LogP contribution < -0.4 is 4.90 Å². The average molecular weight is 385 g/mol. The van der Waals surface area contributed by atoms with E-state index >= 15 is 0 Å². The quantitative estimate of drug-likeness (QED) is 0.611. The van der Waals surface area contributed by atoms with Gasteiger partial charge < -0.3 is 4.74 Å². The molecule has 1 amide bonds. The molecule has 0 unspecified atom stereocenters. The van der Waals surface area contributed by atoms with E-state index in [2.05, 4.69) is 5.10 Å². The van der Waals surface area contributed by atoms with E-state index in [1.54, 1.807) is 13.0 Å². The fraction of sp³-hybridized carbons (Fsp3) is 0.150. The molecule has 0 aliphatic carbocycles. The van der Waals surface area contributed by atoms with Crippen LogP contribution in [-0.2, 0) is 9.53 Å². The van der Waals surface area contributed by atoms with Crippen molar-refractivity contribution >= 4 is 17.6 Å². The number of nitrogens with zero attached hydrogens (tertiary/aromatic N) is 3. The number of anilines is 1. The average Bonchev–Trinajstić information content (AvgIpc) is 3.17. The normalized spacial score (nSPS) is 10.5. The number of esters is 1. The number of aromatic nitrogens is 2. The molecule has 0 radical (unpaired) electrons. The first-order chi connectivity index (χ1) is 13.5. The minimum atomic E-state index is -0.669. The fourth-order valence-corrected chi connectivity index (χ4v) is 2.59. The maximum atomic E-state index is 14.3. The highest BCUT2D eigenvalue weighted by Crippen LogP contribution is 2.21. The van der Waals surface area contributed by atoms with Gasteiger partial charge in [-0.15, -0.1) is 0 Å². The lowest BCUT2D eigenvalue weighted by atomic mass is 10.2. The largest absolute Gasteiger partial charge is 0.465 e. The Hall–Kier alpha value is -3.55. The Labute approximate surface area is 160 Å². The lowest BCUT2D eigenvalue weighted by Crippen LogP contribution is -2.37. The second kappa shape index (κ2) is 8.43. The van der Waals surface area contributed by atoms with Crippen LogP contribution in [0.25, 0.3) is 5.69 Å². The van der Waals surface area contributed by atoms with E-state index in [-0.39, 0.29) is 18.0 Å². The van der Waals surface area contributed by atoms with Gasteiger partial charge >= 0.3 is 5.97 Å². The van der Waals surface area contributed by atoms with Crippen molar-refractivity contribution in [1.29, 1.82) is 0 Å². The van der Waals surface area contributed by atoms with Crippen molar-refractivity contribution in [2.75, 3.05) is 18.1 Å². The summed E-state index contributed by atoms with van der Waals surface area (Å²) in [5, 5.41) is 4.17. The zero-order chi connectivity index (χ0) is 20.1. The first-order valence-corrected chi connectivity index (χ1v) is 8.53. The molecular formula is C20H17F2N3O3. The maximum absolute atomic E-state index is 14.3. The molecule has 0 bridgehead atoms. The van der Waals surface area contributed by atoms with Crippen LogP contribution in [0.2, 0.25) is 0 Å². The molecule has 8 heteroatoms. The highest BCUT2D eigenvalue weighted by molar-refractivity contribution is 6.07. The fourth-order valence-electron chi connectivity index (χ4n) is 2.59. The Bertz CT molecular complexity index is 986. The number of rotatable bonds is 6. The first kappa shape index (κ1) is 19.2. The summed E-state index contributed by atoms with van der Waals surface area (Å²) < 4.78 is 33.6. The van der Waals surface area contributed by atoms with Crippen LogP contribution in [0.5, 0.6) is 0 Å². The van der Waals surface area contributed by atoms with Gasteiger partial charge in [-0.1, -0.05) is 12.1 Å². The topological polar surface area (TPSA) is 64.4 Å². The first-order valence-electron chi connectivity index (χ1n) is 8.53. The third-order valence-corrected chi connectivity index (χ3v) is 3.88. The van der Waals surface area contributed by atoms with Gasteiger partial charge in [-0.3, -0.25) is 14.5 Å². The van der Waals surface area contributed by atoms with Crippen LogP contribution in [0.3, 0.4) is 0 Å². The van der Waals surface area contributed by atoms with E-state index in [4.69, 9.17) is 4.74 Å². The molecule has 1 aromatic heterocycles. The predicted octanol–water partition coefficient (Wildman–Crippen LogP) is 3.36. The van der Waals surface area contributed by atoms with Crippen LogP contribution in [0.4, 0.5) is 14.5 Å². The van der Waals surface area contributed by atoms with Crippen LogP contribution >= 0.6 is 0 Å². The summed E-state index contributed by atoms with van der Waals surface area (Å²) in [5.74, 6) is -2.39. The number of amides is 1. The molecule has 0 spiro atoms. The van der Waals surface area contributed by atoms with Gasteiger partial charge in [0.1, 0.15) is 18.2 Å². The Balaban J connectivity index is 1.92. The molecule has 0 fully saturated rings. The summed E-state index contributed by atoms with van der Waals surface area (Å²) in [6.07, 6.45) is 1.52. The van der Waals surface area contributed by atoms with Crippen molar-refractivity contribution < 1.29 is 23.1 Å². The lowest BCUT2D eigenvalue weighted by molar-refractivity contribution is -0.141. The van der Waals surface area contributed by atoms with Crippen molar-refractivity contribution in [3.05, 3.63) is 78.1 Å². The summed E-state index contributed by atoms with van der Waals surface area (Å²) in [4.78, 5) is 25.9. The number of carbonyl (C=O) groups excluding carboxylic acids is 2. The summed E-state index contributed by atoms with van der Waals surface area (Å²) >= 11 is 0. The lowest BCUT2D eigenvalue weighted by Gasteiger charge is -2.21.